The molecular weight excluding hydrogens is 1930 g/mol. The summed E-state index contributed by atoms with van der Waals surface area (Å²) in [4.78, 5) is 194. The molecule has 47 heteroatoms. The van der Waals surface area contributed by atoms with Gasteiger partial charge in [-0.1, -0.05) is 128 Å². The average molecular weight is 2090 g/mol. The van der Waals surface area contributed by atoms with Crippen LogP contribution in [0.15, 0.2) is 121 Å². The van der Waals surface area contributed by atoms with Gasteiger partial charge in [0.15, 0.2) is 0 Å². The van der Waals surface area contributed by atoms with Crippen LogP contribution in [0.3, 0.4) is 0 Å². The van der Waals surface area contributed by atoms with Gasteiger partial charge in [0.25, 0.3) is 10.1 Å². The molecule has 4 aromatic rings. The summed E-state index contributed by atoms with van der Waals surface area (Å²) < 4.78 is 36.2. The molecule has 0 spiro atoms. The first-order chi connectivity index (χ1) is 69.4. The van der Waals surface area contributed by atoms with E-state index in [-0.39, 0.29) is 189 Å². The molecule has 0 fully saturated rings. The number of hydroxylamine groups is 12. The van der Waals surface area contributed by atoms with Crippen LogP contribution < -0.4 is 53.6 Å². The molecule has 0 unspecified atom stereocenters. The number of aliphatic hydroxyl groups is 1. The Morgan fingerprint density at radius 2 is 0.514 bits per heavy atom. The van der Waals surface area contributed by atoms with Crippen molar-refractivity contribution in [3.63, 3.8) is 0 Å². The standard InChI is InChI=1S/C49H76N8O12.C25H48N6O8.C17H24N2O5.C7H8O.CH4O3S.H2O/c1-40(58)55(66)35-17-5-14-32-51-44(60)25-24-43(59)50-30-12-4-13-31-52-45(61)26-28-47(63)56(67)36-18-6-15-33-53-46(62)27-29-48(64)57(69-39-42-22-10-3-11-23-42)37-19-7-16-34-54-49(65)68-38-41-20-8-2-9-21-41;1-21(32)29(37)18-9-3-6-16-27-22(33)12-14-25(36)31(39)20-10-4-7-17-28-23(34)11-13-24(35)30(38)19-8-2-5-15-26;20-15(9-10-16(21)22)18-11-5-2-6-12-19-17(23)24-13-14-7-3-1-4-8-14;8-6-7-4-2-1-3-5-7;1-5(2,3)4;/h2-3,8-11,20-23,66-67H,4-7,12-19,24-39H2,1H3,(H,50,59)(H,51,60)(H,52,61)(H,53,62)(H,54,65);37-39H,2-20,26H2,1H3,(H,27,33)(H,28,34);1,3-4,7-8H,2,5-6,9-13H2,(H,18,20)(H,19,23)(H,21,22);1-5,8H,6H2;1H3,(H,2,3,4);1H2. The quantitative estimate of drug-likeness (QED) is 0.00872. The van der Waals surface area contributed by atoms with Gasteiger partial charge in [-0.15, -0.1) is 0 Å². The van der Waals surface area contributed by atoms with E-state index in [1.54, 1.807) is 0 Å². The molecule has 824 valence electrons. The summed E-state index contributed by atoms with van der Waals surface area (Å²) in [5.74, 6) is -5.60. The number of amides is 15. The molecule has 0 aliphatic heterocycles. The van der Waals surface area contributed by atoms with Gasteiger partial charge in [-0.3, -0.25) is 103 Å². The molecule has 0 bridgehead atoms. The van der Waals surface area contributed by atoms with E-state index >= 15 is 0 Å². The summed E-state index contributed by atoms with van der Waals surface area (Å²) in [6.07, 6.45) is 15.7. The van der Waals surface area contributed by atoms with Crippen molar-refractivity contribution in [2.24, 2.45) is 5.73 Å². The van der Waals surface area contributed by atoms with Crippen molar-refractivity contribution in [2.75, 3.05) is 111 Å². The number of hydrogen-bond acceptors (Lipinski definition) is 28. The molecule has 0 saturated heterocycles. The van der Waals surface area contributed by atoms with E-state index in [1.165, 1.54) is 18.9 Å². The maximum absolute atomic E-state index is 13.1. The fraction of sp³-hybridized carbons (Fsp3) is 0.596. The number of aliphatic hydroxyl groups excluding tert-OH is 1. The number of benzene rings is 4. The molecule has 46 nitrogen and oxygen atoms in total. The zero-order chi connectivity index (χ0) is 108. The third-order valence-corrected chi connectivity index (χ3v) is 20.8. The van der Waals surface area contributed by atoms with Gasteiger partial charge in [0, 0.05) is 183 Å². The smallest absolute Gasteiger partial charge is 0.407 e. The van der Waals surface area contributed by atoms with Crippen LogP contribution in [-0.2, 0) is 118 Å². The highest BCUT2D eigenvalue weighted by molar-refractivity contribution is 7.85. The highest BCUT2D eigenvalue weighted by Gasteiger charge is 2.21. The number of nitrogens with one attached hydrogen (secondary N) is 9. The van der Waals surface area contributed by atoms with E-state index in [9.17, 15) is 111 Å². The lowest BCUT2D eigenvalue weighted by molar-refractivity contribution is -0.192. The van der Waals surface area contributed by atoms with Crippen molar-refractivity contribution in [3.8, 4) is 0 Å². The summed E-state index contributed by atoms with van der Waals surface area (Å²) in [7, 11) is -3.67. The van der Waals surface area contributed by atoms with Gasteiger partial charge >= 0.3 is 18.2 Å². The van der Waals surface area contributed by atoms with Crippen LogP contribution in [0.5, 0.6) is 0 Å². The lowest BCUT2D eigenvalue weighted by atomic mass is 10.2. The van der Waals surface area contributed by atoms with Crippen molar-refractivity contribution in [1.29, 1.82) is 0 Å². The molecular formula is C99H162N16O30S. The number of unbranched alkanes of at least 4 members (excludes halogenated alkanes) is 16. The number of rotatable bonds is 73. The van der Waals surface area contributed by atoms with E-state index in [0.29, 0.717) is 200 Å². The van der Waals surface area contributed by atoms with Gasteiger partial charge < -0.3 is 78.7 Å². The van der Waals surface area contributed by atoms with Crippen LogP contribution in [-0.4, -0.2) is 291 Å². The Balaban J connectivity index is 0. The van der Waals surface area contributed by atoms with Crippen molar-refractivity contribution < 1.29 is 146 Å². The zero-order valence-electron chi connectivity index (χ0n) is 85.0. The molecule has 0 aromatic heterocycles. The van der Waals surface area contributed by atoms with Crippen molar-refractivity contribution in [1.82, 2.24) is 78.2 Å². The molecule has 0 atom stereocenters. The number of alkyl carbamates (subject to hydrolysis) is 2. The lowest BCUT2D eigenvalue weighted by Gasteiger charge is -2.22. The van der Waals surface area contributed by atoms with Gasteiger partial charge in [0.1, 0.15) is 19.8 Å². The molecule has 21 N–H and O–H groups in total. The molecule has 0 saturated carbocycles. The average Bonchev–Trinajstić information content (AvgIpc) is 0.911. The number of nitrogens with zero attached hydrogens (tertiary/aromatic N) is 6. The second-order valence-electron chi connectivity index (χ2n) is 33.6. The van der Waals surface area contributed by atoms with Crippen molar-refractivity contribution in [2.45, 2.75) is 271 Å². The first kappa shape index (κ1) is 136. The Morgan fingerprint density at radius 3 is 0.767 bits per heavy atom. The molecule has 15 amide bonds. The topological polar surface area (TPSA) is 682 Å². The third-order valence-electron chi connectivity index (χ3n) is 20.8. The lowest BCUT2D eigenvalue weighted by Crippen LogP contribution is -2.34. The van der Waals surface area contributed by atoms with Crippen LogP contribution >= 0.6 is 0 Å². The minimum atomic E-state index is -3.67. The van der Waals surface area contributed by atoms with Crippen LogP contribution in [0, 0.1) is 0 Å². The summed E-state index contributed by atoms with van der Waals surface area (Å²) in [6, 6.07) is 37.8. The van der Waals surface area contributed by atoms with E-state index in [2.05, 4.69) is 47.9 Å². The first-order valence-electron chi connectivity index (χ1n) is 49.6. The Bertz CT molecular complexity index is 4370. The summed E-state index contributed by atoms with van der Waals surface area (Å²) in [5.41, 5.74) is 9.09. The molecule has 0 aliphatic carbocycles. The van der Waals surface area contributed by atoms with Gasteiger partial charge in [0.05, 0.1) is 19.3 Å². The van der Waals surface area contributed by atoms with Gasteiger partial charge in [-0.05, 0) is 176 Å². The fourth-order valence-corrected chi connectivity index (χ4v) is 12.5. The summed E-state index contributed by atoms with van der Waals surface area (Å²) >= 11 is 0. The van der Waals surface area contributed by atoms with Gasteiger partial charge in [0.2, 0.25) is 76.8 Å². The maximum atomic E-state index is 13.1. The summed E-state index contributed by atoms with van der Waals surface area (Å²) in [6.45, 7) is 9.05. The second kappa shape index (κ2) is 90.1. The molecule has 146 heavy (non-hydrogen) atoms. The first-order valence-corrected chi connectivity index (χ1v) is 51.4. The monoisotopic (exact) mass is 2090 g/mol. The fourth-order valence-electron chi connectivity index (χ4n) is 12.5. The number of ether oxygens (including phenoxy) is 2. The van der Waals surface area contributed by atoms with E-state index < -0.39 is 57.8 Å². The van der Waals surface area contributed by atoms with Crippen molar-refractivity contribution in [3.05, 3.63) is 144 Å². The minimum absolute atomic E-state index is 0. The second-order valence-corrected chi connectivity index (χ2v) is 35.0. The minimum Gasteiger partial charge on any atom is -0.481 e. The SMILES string of the molecule is CC(=O)N(O)CCCCCNC(=O)CCC(=O)N(O)CCCCCNC(=O)CCC(=O)N(O)CCCCCN.CC(=O)N(O)CCCCCNC(=O)CCC(=O)NCCCCCNC(=O)CCC(=O)N(O)CCCCCNC(=O)CCC(=O)N(CCCCCNC(=O)OCc1ccccc1)OCc1ccccc1.CS(=O)(=O)O.O.O=C(O)CCC(=O)NCCCCCNC(=O)OCc1ccccc1.OCc1ccccc1. The zero-order valence-corrected chi connectivity index (χ0v) is 85.8. The Kier molecular flexibility index (Phi) is 83.7. The number of hydrogen-bond donors (Lipinski definition) is 18. The van der Waals surface area contributed by atoms with Crippen LogP contribution in [0.2, 0.25) is 0 Å². The highest BCUT2D eigenvalue weighted by atomic mass is 32.2. The van der Waals surface area contributed by atoms with E-state index in [0.717, 1.165) is 80.0 Å². The van der Waals surface area contributed by atoms with Crippen LogP contribution in [0.25, 0.3) is 0 Å². The van der Waals surface area contributed by atoms with E-state index in [4.69, 9.17) is 34.8 Å². The predicted molar refractivity (Wildman–Crippen MR) is 538 cm³/mol. The molecule has 0 radical (unpaired) electrons. The number of carboxylic acid groups (broad SMARTS) is 1. The Morgan fingerprint density at radius 1 is 0.295 bits per heavy atom. The van der Waals surface area contributed by atoms with Gasteiger partial charge in [-0.25, -0.2) is 40.0 Å². The number of carbonyl (C=O) groups excluding carboxylic acids is 15. The summed E-state index contributed by atoms with van der Waals surface area (Å²) in [5, 5.41) is 94.2. The predicted octanol–water partition coefficient (Wildman–Crippen LogP) is 7.66. The normalized spacial score (nSPS) is 10.4. The number of nitrogens with two attached hydrogens (primary N) is 1. The largest absolute Gasteiger partial charge is 0.481 e. The highest BCUT2D eigenvalue weighted by Crippen LogP contribution is 2.13. The Hall–Kier alpha value is -12.5. The Labute approximate surface area is 856 Å². The molecule has 4 rings (SSSR count). The third kappa shape index (κ3) is 85.9. The van der Waals surface area contributed by atoms with Crippen molar-refractivity contribution >= 4 is 105 Å². The van der Waals surface area contributed by atoms with E-state index in [1.807, 2.05) is 121 Å². The molecule has 0 aliphatic rings. The molecule has 0 heterocycles. The molecule has 4 aromatic carbocycles. The number of aliphatic carboxylic acids is 1. The number of carboxylic acids is 1. The maximum Gasteiger partial charge on any atom is 0.407 e. The van der Waals surface area contributed by atoms with Crippen LogP contribution in [0.1, 0.15) is 267 Å². The number of carbonyl (C=O) groups is 16. The van der Waals surface area contributed by atoms with Gasteiger partial charge in [-0.2, -0.15) is 8.42 Å². The van der Waals surface area contributed by atoms with Crippen LogP contribution in [0.4, 0.5) is 9.59 Å².